The van der Waals surface area contributed by atoms with E-state index < -0.39 is 5.60 Å². The van der Waals surface area contributed by atoms with Gasteiger partial charge in [-0.15, -0.1) is 0 Å². The van der Waals surface area contributed by atoms with Crippen LogP contribution in [-0.4, -0.2) is 49.4 Å². The van der Waals surface area contributed by atoms with Gasteiger partial charge in [-0.1, -0.05) is 0 Å². The summed E-state index contributed by atoms with van der Waals surface area (Å²) >= 11 is 0. The summed E-state index contributed by atoms with van der Waals surface area (Å²) in [4.78, 5) is 22.8. The standard InChI is InChI=1S/C24H27N7O2/c1-24(2,3)33-23(32)30-10-8-21(9-11-30)31-16-19(15-28-31)18-13-26-22(27-14-18)29-20-6-4-17(12-25)5-7-20/h4-7,13-16,21H,8-11H2,1-3H3,(H,26,27,29). The van der Waals surface area contributed by atoms with Crippen molar-refractivity contribution in [3.8, 4) is 17.2 Å². The van der Waals surface area contributed by atoms with E-state index in [0.29, 0.717) is 24.6 Å². The topological polar surface area (TPSA) is 109 Å². The molecule has 1 aliphatic heterocycles. The molecule has 1 amide bonds. The molecule has 33 heavy (non-hydrogen) atoms. The number of piperidine rings is 1. The number of hydrogen-bond donors (Lipinski definition) is 1. The fourth-order valence-electron chi connectivity index (χ4n) is 3.63. The van der Waals surface area contributed by atoms with Gasteiger partial charge in [-0.25, -0.2) is 14.8 Å². The highest BCUT2D eigenvalue weighted by molar-refractivity contribution is 5.68. The van der Waals surface area contributed by atoms with Gasteiger partial charge in [0.2, 0.25) is 5.95 Å². The van der Waals surface area contributed by atoms with E-state index in [2.05, 4.69) is 26.5 Å². The summed E-state index contributed by atoms with van der Waals surface area (Å²) in [6.45, 7) is 6.92. The first-order chi connectivity index (χ1) is 15.8. The monoisotopic (exact) mass is 445 g/mol. The third-order valence-corrected chi connectivity index (χ3v) is 5.35. The van der Waals surface area contributed by atoms with Gasteiger partial charge in [-0.3, -0.25) is 4.68 Å². The quantitative estimate of drug-likeness (QED) is 0.628. The van der Waals surface area contributed by atoms with Crippen molar-refractivity contribution in [3.63, 3.8) is 0 Å². The SMILES string of the molecule is CC(C)(C)OC(=O)N1CCC(n2cc(-c3cnc(Nc4ccc(C#N)cc4)nc3)cn2)CC1. The van der Waals surface area contributed by atoms with Crippen molar-refractivity contribution in [1.82, 2.24) is 24.6 Å². The van der Waals surface area contributed by atoms with Crippen LogP contribution in [0, 0.1) is 11.3 Å². The molecule has 1 aromatic carbocycles. The summed E-state index contributed by atoms with van der Waals surface area (Å²) in [5.41, 5.74) is 2.74. The number of carbonyl (C=O) groups is 1. The van der Waals surface area contributed by atoms with Gasteiger partial charge in [-0.2, -0.15) is 10.4 Å². The molecule has 0 bridgehead atoms. The lowest BCUT2D eigenvalue weighted by Gasteiger charge is -2.33. The summed E-state index contributed by atoms with van der Waals surface area (Å²) in [5.74, 6) is 0.477. The van der Waals surface area contributed by atoms with Gasteiger partial charge in [0.1, 0.15) is 5.60 Å². The molecule has 9 nitrogen and oxygen atoms in total. The van der Waals surface area contributed by atoms with Crippen molar-refractivity contribution in [2.75, 3.05) is 18.4 Å². The first kappa shape index (κ1) is 22.3. The van der Waals surface area contributed by atoms with Crippen LogP contribution < -0.4 is 5.32 Å². The molecule has 0 aliphatic carbocycles. The van der Waals surface area contributed by atoms with Crippen molar-refractivity contribution in [2.45, 2.75) is 45.3 Å². The Bertz CT molecular complexity index is 1130. The molecule has 0 atom stereocenters. The van der Waals surface area contributed by atoms with Crippen LogP contribution in [0.1, 0.15) is 45.2 Å². The molecule has 0 radical (unpaired) electrons. The molecular formula is C24H27N7O2. The minimum atomic E-state index is -0.486. The molecule has 2 aromatic heterocycles. The highest BCUT2D eigenvalue weighted by atomic mass is 16.6. The first-order valence-corrected chi connectivity index (χ1v) is 10.9. The zero-order valence-electron chi connectivity index (χ0n) is 19.0. The van der Waals surface area contributed by atoms with Crippen LogP contribution in [0.15, 0.2) is 49.1 Å². The van der Waals surface area contributed by atoms with Gasteiger partial charge in [0, 0.05) is 48.5 Å². The number of amides is 1. The number of hydrogen-bond acceptors (Lipinski definition) is 7. The second-order valence-electron chi connectivity index (χ2n) is 9.02. The molecule has 1 saturated heterocycles. The highest BCUT2D eigenvalue weighted by Gasteiger charge is 2.27. The molecule has 1 N–H and O–H groups in total. The van der Waals surface area contributed by atoms with E-state index in [9.17, 15) is 4.79 Å². The predicted octanol–water partition coefficient (Wildman–Crippen LogP) is 4.53. The Morgan fingerprint density at radius 2 is 1.76 bits per heavy atom. The van der Waals surface area contributed by atoms with Crippen molar-refractivity contribution in [3.05, 3.63) is 54.6 Å². The third kappa shape index (κ3) is 5.66. The Balaban J connectivity index is 1.34. The average molecular weight is 446 g/mol. The van der Waals surface area contributed by atoms with Crippen LogP contribution in [0.4, 0.5) is 16.4 Å². The molecule has 170 valence electrons. The molecule has 0 spiro atoms. The van der Waals surface area contributed by atoms with Crippen molar-refractivity contribution in [1.29, 1.82) is 5.26 Å². The maximum Gasteiger partial charge on any atom is 0.410 e. The van der Waals surface area contributed by atoms with Crippen LogP contribution in [0.25, 0.3) is 11.1 Å². The zero-order valence-corrected chi connectivity index (χ0v) is 19.0. The van der Waals surface area contributed by atoms with Crippen LogP contribution in [-0.2, 0) is 4.74 Å². The van der Waals surface area contributed by atoms with E-state index in [1.807, 2.05) is 50.0 Å². The third-order valence-electron chi connectivity index (χ3n) is 5.35. The summed E-state index contributed by atoms with van der Waals surface area (Å²) in [6.07, 6.45) is 8.72. The fraction of sp³-hybridized carbons (Fsp3) is 0.375. The summed E-state index contributed by atoms with van der Waals surface area (Å²) in [5, 5.41) is 16.5. The number of ether oxygens (including phenoxy) is 1. The van der Waals surface area contributed by atoms with Crippen LogP contribution in [0.5, 0.6) is 0 Å². The molecular weight excluding hydrogens is 418 g/mol. The number of carbonyl (C=O) groups excluding carboxylic acids is 1. The van der Waals surface area contributed by atoms with E-state index in [4.69, 9.17) is 10.00 Å². The summed E-state index contributed by atoms with van der Waals surface area (Å²) in [6, 6.07) is 9.43. The number of anilines is 2. The predicted molar refractivity (Wildman–Crippen MR) is 124 cm³/mol. The molecule has 9 heteroatoms. The first-order valence-electron chi connectivity index (χ1n) is 10.9. The average Bonchev–Trinajstić information content (AvgIpc) is 3.29. The van der Waals surface area contributed by atoms with Crippen molar-refractivity contribution in [2.24, 2.45) is 0 Å². The number of nitrogens with one attached hydrogen (secondary N) is 1. The van der Waals surface area contributed by atoms with Gasteiger partial charge in [0.15, 0.2) is 0 Å². The molecule has 4 rings (SSSR count). The number of benzene rings is 1. The number of likely N-dealkylation sites (tertiary alicyclic amines) is 1. The number of aromatic nitrogens is 4. The van der Waals surface area contributed by atoms with Gasteiger partial charge in [0.25, 0.3) is 0 Å². The van der Waals surface area contributed by atoms with Crippen LogP contribution in [0.2, 0.25) is 0 Å². The molecule has 3 aromatic rings. The Labute approximate surface area is 193 Å². The lowest BCUT2D eigenvalue weighted by molar-refractivity contribution is 0.0185. The van der Waals surface area contributed by atoms with Crippen molar-refractivity contribution < 1.29 is 9.53 Å². The van der Waals surface area contributed by atoms with Gasteiger partial charge >= 0.3 is 6.09 Å². The minimum absolute atomic E-state index is 0.232. The number of rotatable bonds is 4. The number of nitriles is 1. The van der Waals surface area contributed by atoms with Gasteiger partial charge in [0.05, 0.1) is 23.9 Å². The molecule has 0 saturated carbocycles. The Kier molecular flexibility index (Phi) is 6.27. The summed E-state index contributed by atoms with van der Waals surface area (Å²) in [7, 11) is 0. The molecule has 1 fully saturated rings. The summed E-state index contributed by atoms with van der Waals surface area (Å²) < 4.78 is 7.43. The van der Waals surface area contributed by atoms with Crippen LogP contribution >= 0.6 is 0 Å². The molecule has 0 unspecified atom stereocenters. The Hall–Kier alpha value is -3.93. The number of nitrogens with zero attached hydrogens (tertiary/aromatic N) is 6. The lowest BCUT2D eigenvalue weighted by atomic mass is 10.1. The van der Waals surface area contributed by atoms with Gasteiger partial charge < -0.3 is 15.0 Å². The van der Waals surface area contributed by atoms with Crippen molar-refractivity contribution >= 4 is 17.7 Å². The molecule has 1 aliphatic rings. The maximum atomic E-state index is 12.3. The minimum Gasteiger partial charge on any atom is -0.444 e. The highest BCUT2D eigenvalue weighted by Crippen LogP contribution is 2.26. The maximum absolute atomic E-state index is 12.3. The second-order valence-corrected chi connectivity index (χ2v) is 9.02. The van der Waals surface area contributed by atoms with E-state index >= 15 is 0 Å². The smallest absolute Gasteiger partial charge is 0.410 e. The molecule has 3 heterocycles. The Morgan fingerprint density at radius 1 is 1.09 bits per heavy atom. The second kappa shape index (κ2) is 9.28. The van der Waals surface area contributed by atoms with E-state index in [1.165, 1.54) is 0 Å². The largest absolute Gasteiger partial charge is 0.444 e. The normalized spacial score (nSPS) is 14.5. The van der Waals surface area contributed by atoms with Gasteiger partial charge in [-0.05, 0) is 57.9 Å². The fourth-order valence-corrected chi connectivity index (χ4v) is 3.63. The zero-order chi connectivity index (χ0) is 23.4. The van der Waals surface area contributed by atoms with E-state index in [0.717, 1.165) is 29.7 Å². The Morgan fingerprint density at radius 3 is 2.36 bits per heavy atom. The van der Waals surface area contributed by atoms with Crippen LogP contribution in [0.3, 0.4) is 0 Å². The lowest BCUT2D eigenvalue weighted by Crippen LogP contribution is -2.42. The van der Waals surface area contributed by atoms with E-state index in [1.54, 1.807) is 29.4 Å². The van der Waals surface area contributed by atoms with E-state index in [-0.39, 0.29) is 12.1 Å².